The lowest BCUT2D eigenvalue weighted by Gasteiger charge is -2.24. The third-order valence-corrected chi connectivity index (χ3v) is 4.33. The molecule has 0 fully saturated rings. The Morgan fingerprint density at radius 1 is 1.08 bits per heavy atom. The van der Waals surface area contributed by atoms with Crippen molar-refractivity contribution in [3.8, 4) is 11.5 Å². The topological polar surface area (TPSA) is 65.7 Å². The average molecular weight is 336 g/mol. The maximum Gasteiger partial charge on any atom is 0.343 e. The van der Waals surface area contributed by atoms with Gasteiger partial charge in [0.1, 0.15) is 11.3 Å². The number of carbonyl (C=O) groups is 1. The van der Waals surface area contributed by atoms with Gasteiger partial charge in [0.05, 0.1) is 24.0 Å². The highest BCUT2D eigenvalue weighted by Gasteiger charge is 2.33. The van der Waals surface area contributed by atoms with Crippen molar-refractivity contribution in [2.24, 2.45) is 0 Å². The molecule has 1 atom stereocenters. The van der Waals surface area contributed by atoms with Crippen molar-refractivity contribution < 1.29 is 18.7 Å². The second kappa shape index (κ2) is 6.09. The van der Waals surface area contributed by atoms with E-state index >= 15 is 0 Å². The van der Waals surface area contributed by atoms with Gasteiger partial charge in [-0.25, -0.2) is 4.79 Å². The van der Waals surface area contributed by atoms with Crippen LogP contribution in [0.25, 0.3) is 11.0 Å². The van der Waals surface area contributed by atoms with Gasteiger partial charge in [-0.1, -0.05) is 24.3 Å². The van der Waals surface area contributed by atoms with Gasteiger partial charge in [0.2, 0.25) is 0 Å². The fourth-order valence-corrected chi connectivity index (χ4v) is 3.22. The van der Waals surface area contributed by atoms with Crippen LogP contribution in [0.3, 0.4) is 0 Å². The van der Waals surface area contributed by atoms with E-state index in [0.29, 0.717) is 28.9 Å². The molecule has 0 saturated heterocycles. The summed E-state index contributed by atoms with van der Waals surface area (Å²) in [7, 11) is 0. The summed E-state index contributed by atoms with van der Waals surface area (Å²) in [4.78, 5) is 24.7. The Hall–Kier alpha value is -3.08. The zero-order valence-corrected chi connectivity index (χ0v) is 13.7. The molecule has 1 aliphatic heterocycles. The van der Waals surface area contributed by atoms with Crippen LogP contribution in [0.5, 0.6) is 11.5 Å². The lowest BCUT2D eigenvalue weighted by atomic mass is 9.86. The van der Waals surface area contributed by atoms with E-state index in [2.05, 4.69) is 0 Å². The molecule has 0 spiro atoms. The Kier molecular flexibility index (Phi) is 3.76. The molecule has 5 heteroatoms. The maximum atomic E-state index is 12.6. The van der Waals surface area contributed by atoms with E-state index in [0.717, 1.165) is 11.3 Å². The SMILES string of the molecule is CCOc1ccc([C@@H]2CC(=O)Oc3c2c(=O)oc2ccccc32)cc1. The van der Waals surface area contributed by atoms with E-state index < -0.39 is 11.5 Å². The lowest BCUT2D eigenvalue weighted by molar-refractivity contribution is -0.135. The minimum Gasteiger partial charge on any atom is -0.494 e. The summed E-state index contributed by atoms with van der Waals surface area (Å²) in [6, 6.07) is 14.5. The van der Waals surface area contributed by atoms with Crippen molar-refractivity contribution in [3.63, 3.8) is 0 Å². The quantitative estimate of drug-likeness (QED) is 0.540. The van der Waals surface area contributed by atoms with Crippen molar-refractivity contribution in [2.45, 2.75) is 19.3 Å². The van der Waals surface area contributed by atoms with Crippen molar-refractivity contribution in [1.82, 2.24) is 0 Å². The van der Waals surface area contributed by atoms with Gasteiger partial charge >= 0.3 is 11.6 Å². The fraction of sp³-hybridized carbons (Fsp3) is 0.200. The first-order valence-corrected chi connectivity index (χ1v) is 8.16. The van der Waals surface area contributed by atoms with Crippen LogP contribution in [0.15, 0.2) is 57.7 Å². The highest BCUT2D eigenvalue weighted by molar-refractivity contribution is 5.90. The molecule has 0 radical (unpaired) electrons. The van der Waals surface area contributed by atoms with Crippen LogP contribution in [-0.2, 0) is 4.79 Å². The minimum absolute atomic E-state index is 0.101. The molecular formula is C20H16O5. The number of esters is 1. The van der Waals surface area contributed by atoms with Gasteiger partial charge in [0.25, 0.3) is 0 Å². The molecule has 0 saturated carbocycles. The Bertz CT molecular complexity index is 1000. The number of ether oxygens (including phenoxy) is 2. The smallest absolute Gasteiger partial charge is 0.343 e. The van der Waals surface area contributed by atoms with Crippen LogP contribution in [0, 0.1) is 0 Å². The number of fused-ring (bicyclic) bond motifs is 3. The summed E-state index contributed by atoms with van der Waals surface area (Å²) < 4.78 is 16.3. The molecule has 25 heavy (non-hydrogen) atoms. The summed E-state index contributed by atoms with van der Waals surface area (Å²) in [6.07, 6.45) is 0.101. The molecule has 0 aliphatic carbocycles. The molecule has 1 aromatic heterocycles. The molecule has 4 rings (SSSR count). The second-order valence-electron chi connectivity index (χ2n) is 5.86. The molecule has 1 aliphatic rings. The predicted octanol–water partition coefficient (Wildman–Crippen LogP) is 3.63. The molecule has 0 N–H and O–H groups in total. The van der Waals surface area contributed by atoms with Crippen LogP contribution >= 0.6 is 0 Å². The van der Waals surface area contributed by atoms with Crippen LogP contribution < -0.4 is 15.1 Å². The van der Waals surface area contributed by atoms with Crippen molar-refractivity contribution >= 4 is 16.9 Å². The van der Waals surface area contributed by atoms with Gasteiger partial charge in [-0.05, 0) is 36.8 Å². The number of carbonyl (C=O) groups excluding carboxylic acids is 1. The van der Waals surface area contributed by atoms with Crippen LogP contribution in [0.2, 0.25) is 0 Å². The molecule has 126 valence electrons. The summed E-state index contributed by atoms with van der Waals surface area (Å²) in [5.74, 6) is 0.298. The molecule has 0 bridgehead atoms. The van der Waals surface area contributed by atoms with E-state index in [1.165, 1.54) is 0 Å². The molecule has 3 aromatic rings. The first-order valence-electron chi connectivity index (χ1n) is 8.16. The standard InChI is InChI=1S/C20H16O5/c1-2-23-13-9-7-12(8-10-13)15-11-17(21)25-19-14-5-3-4-6-16(14)24-20(22)18(15)19/h3-10,15H,2,11H2,1H3/t15-/m0/s1. The number of para-hydroxylation sites is 1. The highest BCUT2D eigenvalue weighted by Crippen LogP contribution is 2.40. The number of benzene rings is 2. The summed E-state index contributed by atoms with van der Waals surface area (Å²) in [6.45, 7) is 2.49. The second-order valence-corrected chi connectivity index (χ2v) is 5.86. The first kappa shape index (κ1) is 15.4. The van der Waals surface area contributed by atoms with Gasteiger partial charge in [-0.3, -0.25) is 4.79 Å². The summed E-state index contributed by atoms with van der Waals surface area (Å²) in [5.41, 5.74) is 1.18. The van der Waals surface area contributed by atoms with E-state index in [1.807, 2.05) is 37.3 Å². The summed E-state index contributed by atoms with van der Waals surface area (Å²) in [5, 5.41) is 0.626. The molecule has 5 nitrogen and oxygen atoms in total. The van der Waals surface area contributed by atoms with Crippen molar-refractivity contribution in [2.75, 3.05) is 6.61 Å². The average Bonchev–Trinajstić information content (AvgIpc) is 2.62. The van der Waals surface area contributed by atoms with Gasteiger partial charge in [-0.2, -0.15) is 0 Å². The van der Waals surface area contributed by atoms with Crippen LogP contribution in [0.1, 0.15) is 30.4 Å². The van der Waals surface area contributed by atoms with E-state index in [9.17, 15) is 9.59 Å². The molecule has 2 aromatic carbocycles. The van der Waals surface area contributed by atoms with Crippen LogP contribution in [-0.4, -0.2) is 12.6 Å². The van der Waals surface area contributed by atoms with Gasteiger partial charge in [0.15, 0.2) is 5.75 Å². The third kappa shape index (κ3) is 2.67. The third-order valence-electron chi connectivity index (χ3n) is 4.33. The van der Waals surface area contributed by atoms with E-state index in [4.69, 9.17) is 13.9 Å². The summed E-state index contributed by atoms with van der Waals surface area (Å²) >= 11 is 0. The van der Waals surface area contributed by atoms with Gasteiger partial charge in [0, 0.05) is 5.92 Å². The molecule has 0 unspecified atom stereocenters. The van der Waals surface area contributed by atoms with Gasteiger partial charge < -0.3 is 13.9 Å². The zero-order chi connectivity index (χ0) is 17.4. The Labute approximate surface area is 143 Å². The largest absolute Gasteiger partial charge is 0.494 e. The number of hydrogen-bond donors (Lipinski definition) is 0. The van der Waals surface area contributed by atoms with Crippen LogP contribution in [0.4, 0.5) is 0 Å². The van der Waals surface area contributed by atoms with E-state index in [1.54, 1.807) is 18.2 Å². The zero-order valence-electron chi connectivity index (χ0n) is 13.7. The monoisotopic (exact) mass is 336 g/mol. The van der Waals surface area contributed by atoms with Crippen molar-refractivity contribution in [3.05, 3.63) is 70.1 Å². The number of rotatable bonds is 3. The minimum atomic E-state index is -0.472. The highest BCUT2D eigenvalue weighted by atomic mass is 16.5. The Morgan fingerprint density at radius 3 is 2.60 bits per heavy atom. The Balaban J connectivity index is 1.88. The molecular weight excluding hydrogens is 320 g/mol. The number of hydrogen-bond acceptors (Lipinski definition) is 5. The molecule has 0 amide bonds. The normalized spacial score (nSPS) is 16.4. The van der Waals surface area contributed by atoms with E-state index in [-0.39, 0.29) is 12.4 Å². The predicted molar refractivity (Wildman–Crippen MR) is 92.2 cm³/mol. The molecule has 2 heterocycles. The maximum absolute atomic E-state index is 12.6. The first-order chi connectivity index (χ1) is 12.2. The fourth-order valence-electron chi connectivity index (χ4n) is 3.22. The Morgan fingerprint density at radius 2 is 1.84 bits per heavy atom. The van der Waals surface area contributed by atoms with Crippen molar-refractivity contribution in [1.29, 1.82) is 0 Å². The van der Waals surface area contributed by atoms with Gasteiger partial charge in [-0.15, -0.1) is 0 Å². The lowest BCUT2D eigenvalue weighted by Crippen LogP contribution is -2.26.